The number of carbonyl (C=O) groups is 1. The lowest BCUT2D eigenvalue weighted by atomic mass is 10.0. The third kappa shape index (κ3) is 3.28. The summed E-state index contributed by atoms with van der Waals surface area (Å²) >= 11 is 0. The van der Waals surface area contributed by atoms with Gasteiger partial charge in [0.25, 0.3) is 0 Å². The van der Waals surface area contributed by atoms with Crippen LogP contribution >= 0.6 is 0 Å². The lowest BCUT2D eigenvalue weighted by Gasteiger charge is -2.00. The highest BCUT2D eigenvalue weighted by atomic mass is 16.1. The summed E-state index contributed by atoms with van der Waals surface area (Å²) < 4.78 is 2.01. The van der Waals surface area contributed by atoms with Crippen molar-refractivity contribution in [2.24, 2.45) is 5.92 Å². The molecule has 0 saturated carbocycles. The van der Waals surface area contributed by atoms with Crippen LogP contribution in [-0.2, 0) is 6.54 Å². The van der Waals surface area contributed by atoms with E-state index < -0.39 is 0 Å². The van der Waals surface area contributed by atoms with E-state index in [0.29, 0.717) is 0 Å². The van der Waals surface area contributed by atoms with Gasteiger partial charge in [-0.2, -0.15) is 0 Å². The highest BCUT2D eigenvalue weighted by molar-refractivity contribution is 5.97. The highest BCUT2D eigenvalue weighted by Crippen LogP contribution is 2.09. The minimum absolute atomic E-state index is 0.0660. The molecule has 0 aromatic carbocycles. The van der Waals surface area contributed by atoms with Gasteiger partial charge in [0.2, 0.25) is 0 Å². The molecule has 15 heavy (non-hydrogen) atoms. The number of carbonyl (C=O) groups excluding carboxylic acids is 1. The van der Waals surface area contributed by atoms with E-state index in [9.17, 15) is 4.79 Å². The summed E-state index contributed by atoms with van der Waals surface area (Å²) in [5.74, 6) is 6.13. The van der Waals surface area contributed by atoms with Crippen molar-refractivity contribution in [3.63, 3.8) is 0 Å². The monoisotopic (exact) mass is 203 g/mol. The van der Waals surface area contributed by atoms with Crippen LogP contribution < -0.4 is 0 Å². The quantitative estimate of drug-likeness (QED) is 0.544. The van der Waals surface area contributed by atoms with Crippen LogP contribution in [0.2, 0.25) is 0 Å². The molecule has 0 fully saturated rings. The molecule has 0 N–H and O–H groups in total. The second-order valence-electron chi connectivity index (χ2n) is 3.83. The first-order valence-corrected chi connectivity index (χ1v) is 5.24. The molecule has 0 unspecified atom stereocenters. The van der Waals surface area contributed by atoms with Crippen LogP contribution in [0.15, 0.2) is 18.5 Å². The van der Waals surface area contributed by atoms with Crippen molar-refractivity contribution in [1.82, 2.24) is 4.57 Å². The number of hydrogen-bond donors (Lipinski definition) is 0. The zero-order valence-corrected chi connectivity index (χ0v) is 9.58. The number of aromatic nitrogens is 1. The second-order valence-corrected chi connectivity index (χ2v) is 3.83. The summed E-state index contributed by atoms with van der Waals surface area (Å²) in [4.78, 5) is 11.6. The molecular formula is C13H17NO. The molecule has 0 radical (unpaired) electrons. The molecule has 0 spiro atoms. The number of aryl methyl sites for hydroxylation is 1. The lowest BCUT2D eigenvalue weighted by molar-refractivity contribution is 0.0939. The molecule has 0 aliphatic carbocycles. The zero-order chi connectivity index (χ0) is 11.3. The largest absolute Gasteiger partial charge is 0.353 e. The molecule has 2 heteroatoms. The average molecular weight is 203 g/mol. The Morgan fingerprint density at radius 1 is 1.53 bits per heavy atom. The summed E-state index contributed by atoms with van der Waals surface area (Å²) in [6, 6.07) is 1.88. The van der Waals surface area contributed by atoms with E-state index in [1.54, 1.807) is 0 Å². The standard InChI is InChI=1S/C13H17NO/c1-4-5-6-8-14-9-7-12(10-14)13(15)11(2)3/h7,9-11H,6,8H2,1-3H3. The van der Waals surface area contributed by atoms with E-state index in [4.69, 9.17) is 0 Å². The molecule has 2 nitrogen and oxygen atoms in total. The Hall–Kier alpha value is -1.49. The van der Waals surface area contributed by atoms with Crippen molar-refractivity contribution >= 4 is 5.78 Å². The van der Waals surface area contributed by atoms with Gasteiger partial charge in [-0.3, -0.25) is 4.79 Å². The summed E-state index contributed by atoms with van der Waals surface area (Å²) in [7, 11) is 0. The maximum atomic E-state index is 11.6. The van der Waals surface area contributed by atoms with Gasteiger partial charge in [-0.1, -0.05) is 13.8 Å². The summed E-state index contributed by atoms with van der Waals surface area (Å²) in [6.07, 6.45) is 4.67. The van der Waals surface area contributed by atoms with Gasteiger partial charge in [-0.05, 0) is 13.0 Å². The molecule has 80 valence electrons. The number of nitrogens with zero attached hydrogens (tertiary/aromatic N) is 1. The molecular weight excluding hydrogens is 186 g/mol. The van der Waals surface area contributed by atoms with Gasteiger partial charge in [-0.15, -0.1) is 11.8 Å². The van der Waals surface area contributed by atoms with Crippen LogP contribution in [0.1, 0.15) is 37.6 Å². The van der Waals surface area contributed by atoms with Gasteiger partial charge in [-0.25, -0.2) is 0 Å². The summed E-state index contributed by atoms with van der Waals surface area (Å²) in [6.45, 7) is 6.53. The van der Waals surface area contributed by atoms with E-state index in [2.05, 4.69) is 11.8 Å². The van der Waals surface area contributed by atoms with Gasteiger partial charge >= 0.3 is 0 Å². The van der Waals surface area contributed by atoms with E-state index in [-0.39, 0.29) is 11.7 Å². The molecule has 0 amide bonds. The van der Waals surface area contributed by atoms with Crippen molar-refractivity contribution in [1.29, 1.82) is 0 Å². The number of hydrogen-bond acceptors (Lipinski definition) is 1. The van der Waals surface area contributed by atoms with Gasteiger partial charge < -0.3 is 4.57 Å². The third-order valence-electron chi connectivity index (χ3n) is 2.23. The minimum atomic E-state index is 0.0660. The minimum Gasteiger partial charge on any atom is -0.353 e. The fourth-order valence-electron chi connectivity index (χ4n) is 1.37. The zero-order valence-electron chi connectivity index (χ0n) is 9.58. The fourth-order valence-corrected chi connectivity index (χ4v) is 1.37. The van der Waals surface area contributed by atoms with E-state index in [1.165, 1.54) is 0 Å². The summed E-state index contributed by atoms with van der Waals surface area (Å²) in [5.41, 5.74) is 0.800. The molecule has 1 aromatic heterocycles. The smallest absolute Gasteiger partial charge is 0.166 e. The van der Waals surface area contributed by atoms with Crippen LogP contribution in [0.4, 0.5) is 0 Å². The maximum absolute atomic E-state index is 11.6. The van der Waals surface area contributed by atoms with E-state index in [0.717, 1.165) is 18.5 Å². The Kier molecular flexibility index (Phi) is 4.17. The highest BCUT2D eigenvalue weighted by Gasteiger charge is 2.10. The van der Waals surface area contributed by atoms with Crippen molar-refractivity contribution < 1.29 is 4.79 Å². The topological polar surface area (TPSA) is 22.0 Å². The van der Waals surface area contributed by atoms with Crippen LogP contribution in [0.25, 0.3) is 0 Å². The SMILES string of the molecule is CC#CCCn1ccc(C(=O)C(C)C)c1. The predicted octanol–water partition coefficient (Wildman–Crippen LogP) is 2.74. The maximum Gasteiger partial charge on any atom is 0.166 e. The lowest BCUT2D eigenvalue weighted by Crippen LogP contribution is -2.06. The van der Waals surface area contributed by atoms with Gasteiger partial charge in [0, 0.05) is 36.8 Å². The first kappa shape index (κ1) is 11.6. The third-order valence-corrected chi connectivity index (χ3v) is 2.23. The Bertz CT molecular complexity index is 390. The Morgan fingerprint density at radius 2 is 2.27 bits per heavy atom. The Labute approximate surface area is 91.3 Å². The Balaban J connectivity index is 2.62. The first-order chi connectivity index (χ1) is 7.15. The van der Waals surface area contributed by atoms with E-state index in [1.807, 2.05) is 43.8 Å². The van der Waals surface area contributed by atoms with Crippen LogP contribution in [-0.4, -0.2) is 10.4 Å². The first-order valence-electron chi connectivity index (χ1n) is 5.24. The summed E-state index contributed by atoms with van der Waals surface area (Å²) in [5, 5.41) is 0. The molecule has 1 aromatic rings. The number of ketones is 1. The second kappa shape index (κ2) is 5.41. The van der Waals surface area contributed by atoms with Crippen molar-refractivity contribution in [2.75, 3.05) is 0 Å². The number of rotatable bonds is 4. The van der Waals surface area contributed by atoms with Gasteiger partial charge in [0.1, 0.15) is 0 Å². The average Bonchev–Trinajstić information content (AvgIpc) is 2.65. The number of Topliss-reactive ketones (excluding diaryl/α,β-unsaturated/α-hetero) is 1. The molecule has 1 heterocycles. The fraction of sp³-hybridized carbons (Fsp3) is 0.462. The van der Waals surface area contributed by atoms with Crippen molar-refractivity contribution in [3.8, 4) is 11.8 Å². The van der Waals surface area contributed by atoms with Crippen LogP contribution in [0.5, 0.6) is 0 Å². The molecule has 0 saturated heterocycles. The molecule has 1 rings (SSSR count). The van der Waals surface area contributed by atoms with Crippen molar-refractivity contribution in [2.45, 2.75) is 33.7 Å². The molecule has 0 aliphatic rings. The molecule has 0 atom stereocenters. The van der Waals surface area contributed by atoms with Crippen molar-refractivity contribution in [3.05, 3.63) is 24.0 Å². The molecule has 0 aliphatic heterocycles. The van der Waals surface area contributed by atoms with Gasteiger partial charge in [0.05, 0.1) is 0 Å². The van der Waals surface area contributed by atoms with Crippen LogP contribution in [0.3, 0.4) is 0 Å². The normalized spacial score (nSPS) is 9.87. The molecule has 0 bridgehead atoms. The predicted molar refractivity (Wildman–Crippen MR) is 61.7 cm³/mol. The Morgan fingerprint density at radius 3 is 2.87 bits per heavy atom. The van der Waals surface area contributed by atoms with Gasteiger partial charge in [0.15, 0.2) is 5.78 Å². The van der Waals surface area contributed by atoms with E-state index >= 15 is 0 Å². The van der Waals surface area contributed by atoms with Crippen LogP contribution in [0, 0.1) is 17.8 Å².